The van der Waals surface area contributed by atoms with E-state index < -0.39 is 11.7 Å². The van der Waals surface area contributed by atoms with Crippen molar-refractivity contribution in [1.29, 1.82) is 0 Å². The third-order valence-electron chi connectivity index (χ3n) is 7.08. The van der Waals surface area contributed by atoms with Crippen LogP contribution in [0.15, 0.2) is 66.7 Å². The van der Waals surface area contributed by atoms with E-state index in [1.807, 2.05) is 45.0 Å². The molecule has 2 amide bonds. The lowest BCUT2D eigenvalue weighted by molar-refractivity contribution is 0.0523. The molecule has 2 N–H and O–H groups in total. The van der Waals surface area contributed by atoms with E-state index in [4.69, 9.17) is 14.2 Å². The van der Waals surface area contributed by atoms with E-state index in [0.717, 1.165) is 49.3 Å². The van der Waals surface area contributed by atoms with Crippen molar-refractivity contribution >= 4 is 17.7 Å². The maximum Gasteiger partial charge on any atom is 0.407 e. The van der Waals surface area contributed by atoms with Crippen LogP contribution in [0, 0.1) is 0 Å². The minimum Gasteiger partial charge on any atom is -0.493 e. The molecule has 41 heavy (non-hydrogen) atoms. The van der Waals surface area contributed by atoms with E-state index in [-0.39, 0.29) is 5.91 Å². The molecule has 3 aromatic carbocycles. The van der Waals surface area contributed by atoms with Gasteiger partial charge in [-0.3, -0.25) is 9.69 Å². The number of ether oxygens (including phenoxy) is 3. The van der Waals surface area contributed by atoms with Gasteiger partial charge >= 0.3 is 6.09 Å². The van der Waals surface area contributed by atoms with Gasteiger partial charge in [0.1, 0.15) is 5.60 Å². The molecule has 0 atom stereocenters. The maximum atomic E-state index is 13.0. The van der Waals surface area contributed by atoms with Gasteiger partial charge in [0, 0.05) is 18.8 Å². The lowest BCUT2D eigenvalue weighted by Crippen LogP contribution is -2.33. The second-order valence-corrected chi connectivity index (χ2v) is 11.3. The number of methoxy groups -OCH3 is 2. The number of alkyl carbamates (subject to hydrolysis) is 1. The van der Waals surface area contributed by atoms with Crippen LogP contribution in [0.2, 0.25) is 0 Å². The lowest BCUT2D eigenvalue weighted by Gasteiger charge is -2.32. The lowest BCUT2D eigenvalue weighted by atomic mass is 9.88. The summed E-state index contributed by atoms with van der Waals surface area (Å²) in [5.74, 6) is 1.16. The van der Waals surface area contributed by atoms with Gasteiger partial charge in [-0.15, -0.1) is 0 Å². The summed E-state index contributed by atoms with van der Waals surface area (Å²) in [5, 5.41) is 5.85. The Labute approximate surface area is 243 Å². The Morgan fingerprint density at radius 1 is 0.902 bits per heavy atom. The number of likely N-dealkylation sites (tertiary alicyclic amines) is 1. The molecule has 1 fully saturated rings. The van der Waals surface area contributed by atoms with Crippen molar-refractivity contribution in [2.45, 2.75) is 58.2 Å². The van der Waals surface area contributed by atoms with Gasteiger partial charge in [-0.05, 0) is 93.6 Å². The highest BCUT2D eigenvalue weighted by Crippen LogP contribution is 2.32. The maximum absolute atomic E-state index is 13.0. The standard InChI is InChI=1S/C33H41N3O5/c1-33(2,3)41-32(38)34-21-23-9-6-11-26(19-23)25-15-17-36(18-16-25)22-24-10-7-12-27(20-24)35-31(37)28-13-8-14-29(39-4)30(28)40-5/h6-14,19-20,25H,15-18,21-22H2,1-5H3,(H,34,38)(H,35,37). The van der Waals surface area contributed by atoms with E-state index in [2.05, 4.69) is 39.8 Å². The number of hydrogen-bond acceptors (Lipinski definition) is 6. The Morgan fingerprint density at radius 3 is 2.32 bits per heavy atom. The van der Waals surface area contributed by atoms with Gasteiger partial charge in [0.2, 0.25) is 0 Å². The van der Waals surface area contributed by atoms with Gasteiger partial charge in [0.25, 0.3) is 5.91 Å². The zero-order valence-electron chi connectivity index (χ0n) is 24.7. The average molecular weight is 560 g/mol. The normalized spacial score (nSPS) is 14.3. The molecule has 0 saturated carbocycles. The molecule has 4 rings (SSSR count). The predicted octanol–water partition coefficient (Wildman–Crippen LogP) is 6.36. The first-order chi connectivity index (χ1) is 19.6. The first-order valence-electron chi connectivity index (χ1n) is 14.0. The number of piperidine rings is 1. The SMILES string of the molecule is COc1cccc(C(=O)Nc2cccc(CN3CCC(c4cccc(CNC(=O)OC(C)(C)C)c4)CC3)c2)c1OC. The number of amides is 2. The monoisotopic (exact) mass is 559 g/mol. The smallest absolute Gasteiger partial charge is 0.407 e. The van der Waals surface area contributed by atoms with Crippen molar-refractivity contribution in [2.75, 3.05) is 32.6 Å². The number of anilines is 1. The van der Waals surface area contributed by atoms with Crippen molar-refractivity contribution in [3.63, 3.8) is 0 Å². The summed E-state index contributed by atoms with van der Waals surface area (Å²) >= 11 is 0. The van der Waals surface area contributed by atoms with Gasteiger partial charge in [-0.25, -0.2) is 4.79 Å². The number of rotatable bonds is 9. The zero-order chi connectivity index (χ0) is 29.4. The summed E-state index contributed by atoms with van der Waals surface area (Å²) in [7, 11) is 3.08. The summed E-state index contributed by atoms with van der Waals surface area (Å²) in [4.78, 5) is 27.5. The van der Waals surface area contributed by atoms with Crippen LogP contribution in [0.5, 0.6) is 11.5 Å². The Bertz CT molecular complexity index is 1340. The summed E-state index contributed by atoms with van der Waals surface area (Å²) in [5.41, 5.74) is 4.18. The topological polar surface area (TPSA) is 89.1 Å². The van der Waals surface area contributed by atoms with Crippen molar-refractivity contribution in [2.24, 2.45) is 0 Å². The Balaban J connectivity index is 1.30. The van der Waals surface area contributed by atoms with E-state index in [1.165, 1.54) is 12.7 Å². The summed E-state index contributed by atoms with van der Waals surface area (Å²) in [6, 6.07) is 21.7. The number of para-hydroxylation sites is 1. The van der Waals surface area contributed by atoms with Gasteiger partial charge < -0.3 is 24.8 Å². The number of benzene rings is 3. The first-order valence-corrected chi connectivity index (χ1v) is 14.0. The summed E-state index contributed by atoms with van der Waals surface area (Å²) in [6.45, 7) is 8.81. The number of nitrogens with one attached hydrogen (secondary N) is 2. The van der Waals surface area contributed by atoms with Gasteiger partial charge in [-0.1, -0.05) is 42.5 Å². The minimum absolute atomic E-state index is 0.248. The highest BCUT2D eigenvalue weighted by Gasteiger charge is 2.22. The van der Waals surface area contributed by atoms with E-state index in [9.17, 15) is 9.59 Å². The van der Waals surface area contributed by atoms with Crippen LogP contribution in [-0.2, 0) is 17.8 Å². The molecule has 3 aromatic rings. The molecule has 8 nitrogen and oxygen atoms in total. The van der Waals surface area contributed by atoms with Crippen LogP contribution < -0.4 is 20.1 Å². The summed E-state index contributed by atoms with van der Waals surface area (Å²) < 4.78 is 16.1. The van der Waals surface area contributed by atoms with Crippen molar-refractivity contribution < 1.29 is 23.8 Å². The van der Waals surface area contributed by atoms with Crippen molar-refractivity contribution in [3.8, 4) is 11.5 Å². The Kier molecular flexibility index (Phi) is 9.89. The van der Waals surface area contributed by atoms with Crippen LogP contribution in [-0.4, -0.2) is 49.8 Å². The van der Waals surface area contributed by atoms with E-state index in [1.54, 1.807) is 25.3 Å². The van der Waals surface area contributed by atoms with Crippen molar-refractivity contribution in [3.05, 3.63) is 89.0 Å². The molecule has 0 aliphatic carbocycles. The molecular formula is C33H41N3O5. The number of carbonyl (C=O) groups is 2. The first kappa shape index (κ1) is 29.9. The highest BCUT2D eigenvalue weighted by atomic mass is 16.6. The molecule has 1 saturated heterocycles. The minimum atomic E-state index is -0.514. The third kappa shape index (κ3) is 8.47. The molecule has 0 spiro atoms. The Hall–Kier alpha value is -4.04. The molecule has 218 valence electrons. The molecule has 0 unspecified atom stereocenters. The number of nitrogens with zero attached hydrogens (tertiary/aromatic N) is 1. The second kappa shape index (κ2) is 13.5. The van der Waals surface area contributed by atoms with Crippen LogP contribution in [0.25, 0.3) is 0 Å². The molecular weight excluding hydrogens is 518 g/mol. The molecule has 1 aliphatic rings. The van der Waals surface area contributed by atoms with Gasteiger partial charge in [-0.2, -0.15) is 0 Å². The largest absolute Gasteiger partial charge is 0.493 e. The molecule has 0 aromatic heterocycles. The molecule has 8 heteroatoms. The van der Waals surface area contributed by atoms with Crippen LogP contribution in [0.3, 0.4) is 0 Å². The molecule has 0 radical (unpaired) electrons. The van der Waals surface area contributed by atoms with Crippen LogP contribution in [0.1, 0.15) is 66.6 Å². The number of hydrogen-bond donors (Lipinski definition) is 2. The molecule has 1 heterocycles. The van der Waals surface area contributed by atoms with Crippen LogP contribution >= 0.6 is 0 Å². The highest BCUT2D eigenvalue weighted by molar-refractivity contribution is 6.06. The zero-order valence-corrected chi connectivity index (χ0v) is 24.7. The van der Waals surface area contributed by atoms with E-state index in [0.29, 0.717) is 29.5 Å². The Morgan fingerprint density at radius 2 is 1.61 bits per heavy atom. The van der Waals surface area contributed by atoms with Gasteiger partial charge in [0.05, 0.1) is 19.8 Å². The fourth-order valence-corrected chi connectivity index (χ4v) is 5.14. The fourth-order valence-electron chi connectivity index (χ4n) is 5.14. The van der Waals surface area contributed by atoms with Crippen LogP contribution in [0.4, 0.5) is 10.5 Å². The quantitative estimate of drug-likeness (QED) is 0.317. The molecule has 0 bridgehead atoms. The molecule has 1 aliphatic heterocycles. The summed E-state index contributed by atoms with van der Waals surface area (Å²) in [6.07, 6.45) is 1.73. The fraction of sp³-hybridized carbons (Fsp3) is 0.394. The van der Waals surface area contributed by atoms with E-state index >= 15 is 0 Å². The second-order valence-electron chi connectivity index (χ2n) is 11.3. The van der Waals surface area contributed by atoms with Gasteiger partial charge in [0.15, 0.2) is 11.5 Å². The van der Waals surface area contributed by atoms with Crippen molar-refractivity contribution in [1.82, 2.24) is 10.2 Å². The third-order valence-corrected chi connectivity index (χ3v) is 7.08. The average Bonchev–Trinajstić information content (AvgIpc) is 2.95. The number of carbonyl (C=O) groups excluding carboxylic acids is 2. The predicted molar refractivity (Wildman–Crippen MR) is 161 cm³/mol.